The van der Waals surface area contributed by atoms with Crippen LogP contribution in [-0.2, 0) is 9.59 Å². The number of anilines is 2. The first kappa shape index (κ1) is 17.9. The Kier molecular flexibility index (Phi) is 5.52. The number of amides is 2. The Balaban J connectivity index is 1.63. The molecule has 0 bridgehead atoms. The SMILES string of the molecule is CC(Nc1ccccc1SCC(N)=O)C(=O)Nc1ccc2c(c1)OCO2. The summed E-state index contributed by atoms with van der Waals surface area (Å²) in [5.41, 5.74) is 6.60. The number of fused-ring (bicyclic) bond motifs is 1. The number of nitrogens with two attached hydrogens (primary N) is 1. The van der Waals surface area contributed by atoms with E-state index in [2.05, 4.69) is 10.6 Å². The van der Waals surface area contributed by atoms with Crippen molar-refractivity contribution in [1.82, 2.24) is 0 Å². The summed E-state index contributed by atoms with van der Waals surface area (Å²) < 4.78 is 10.6. The summed E-state index contributed by atoms with van der Waals surface area (Å²) in [6.07, 6.45) is 0. The molecule has 0 fully saturated rings. The van der Waals surface area contributed by atoms with Crippen LogP contribution in [0, 0.1) is 0 Å². The standard InChI is InChI=1S/C18H19N3O4S/c1-11(20-13-4-2-3-5-16(13)26-9-17(19)22)18(23)21-12-6-7-14-15(8-12)25-10-24-14/h2-8,11,20H,9-10H2,1H3,(H2,19,22)(H,21,23). The Bertz CT molecular complexity index is 828. The van der Waals surface area contributed by atoms with Crippen molar-refractivity contribution in [3.8, 4) is 11.5 Å². The van der Waals surface area contributed by atoms with Crippen LogP contribution in [0.25, 0.3) is 0 Å². The van der Waals surface area contributed by atoms with Gasteiger partial charge in [0.25, 0.3) is 0 Å². The fourth-order valence-corrected chi connectivity index (χ4v) is 3.14. The summed E-state index contributed by atoms with van der Waals surface area (Å²) in [5, 5.41) is 6.01. The van der Waals surface area contributed by atoms with Crippen LogP contribution in [0.2, 0.25) is 0 Å². The molecule has 136 valence electrons. The maximum Gasteiger partial charge on any atom is 0.246 e. The lowest BCUT2D eigenvalue weighted by atomic mass is 10.2. The number of hydrogen-bond acceptors (Lipinski definition) is 6. The lowest BCUT2D eigenvalue weighted by Gasteiger charge is -2.17. The summed E-state index contributed by atoms with van der Waals surface area (Å²) in [4.78, 5) is 24.3. The Morgan fingerprint density at radius 3 is 2.77 bits per heavy atom. The number of para-hydroxylation sites is 1. The third kappa shape index (κ3) is 4.40. The second-order valence-corrected chi connectivity index (χ2v) is 6.69. The summed E-state index contributed by atoms with van der Waals surface area (Å²) >= 11 is 1.33. The molecule has 1 unspecified atom stereocenters. The van der Waals surface area contributed by atoms with Gasteiger partial charge in [0.15, 0.2) is 11.5 Å². The molecule has 8 heteroatoms. The average molecular weight is 373 g/mol. The number of carbonyl (C=O) groups excluding carboxylic acids is 2. The monoisotopic (exact) mass is 373 g/mol. The van der Waals surface area contributed by atoms with Crippen LogP contribution in [0.4, 0.5) is 11.4 Å². The van der Waals surface area contributed by atoms with Crippen molar-refractivity contribution in [2.24, 2.45) is 5.73 Å². The van der Waals surface area contributed by atoms with E-state index in [0.29, 0.717) is 17.2 Å². The minimum absolute atomic E-state index is 0.177. The summed E-state index contributed by atoms with van der Waals surface area (Å²) in [5.74, 6) is 0.861. The summed E-state index contributed by atoms with van der Waals surface area (Å²) in [6.45, 7) is 1.95. The zero-order valence-corrected chi connectivity index (χ0v) is 15.0. The van der Waals surface area contributed by atoms with Gasteiger partial charge in [-0.1, -0.05) is 12.1 Å². The highest BCUT2D eigenvalue weighted by atomic mass is 32.2. The van der Waals surface area contributed by atoms with Crippen molar-refractivity contribution in [1.29, 1.82) is 0 Å². The molecular weight excluding hydrogens is 354 g/mol. The number of nitrogens with one attached hydrogen (secondary N) is 2. The van der Waals surface area contributed by atoms with Gasteiger partial charge in [-0.3, -0.25) is 9.59 Å². The van der Waals surface area contributed by atoms with Gasteiger partial charge in [-0.15, -0.1) is 11.8 Å². The molecule has 2 amide bonds. The lowest BCUT2D eigenvalue weighted by Crippen LogP contribution is -2.32. The Hall–Kier alpha value is -2.87. The van der Waals surface area contributed by atoms with Gasteiger partial charge in [-0.05, 0) is 31.2 Å². The van der Waals surface area contributed by atoms with Crippen LogP contribution >= 0.6 is 11.8 Å². The molecule has 1 aliphatic rings. The predicted octanol–water partition coefficient (Wildman–Crippen LogP) is 2.43. The van der Waals surface area contributed by atoms with E-state index in [1.807, 2.05) is 24.3 Å². The molecule has 3 rings (SSSR count). The molecule has 26 heavy (non-hydrogen) atoms. The van der Waals surface area contributed by atoms with Crippen molar-refractivity contribution in [2.45, 2.75) is 17.9 Å². The van der Waals surface area contributed by atoms with E-state index in [-0.39, 0.29) is 18.5 Å². The van der Waals surface area contributed by atoms with Crippen LogP contribution in [0.15, 0.2) is 47.4 Å². The Morgan fingerprint density at radius 1 is 1.19 bits per heavy atom. The average Bonchev–Trinajstić information content (AvgIpc) is 3.08. The fourth-order valence-electron chi connectivity index (χ4n) is 2.38. The van der Waals surface area contributed by atoms with E-state index in [9.17, 15) is 9.59 Å². The van der Waals surface area contributed by atoms with Gasteiger partial charge in [0.1, 0.15) is 6.04 Å². The lowest BCUT2D eigenvalue weighted by molar-refractivity contribution is -0.117. The van der Waals surface area contributed by atoms with E-state index < -0.39 is 11.9 Å². The van der Waals surface area contributed by atoms with E-state index in [0.717, 1.165) is 10.6 Å². The van der Waals surface area contributed by atoms with E-state index in [1.54, 1.807) is 25.1 Å². The van der Waals surface area contributed by atoms with Crippen LogP contribution in [0.1, 0.15) is 6.92 Å². The minimum Gasteiger partial charge on any atom is -0.454 e. The fraction of sp³-hybridized carbons (Fsp3) is 0.222. The minimum atomic E-state index is -0.490. The Labute approximate surface area is 155 Å². The largest absolute Gasteiger partial charge is 0.454 e. The summed E-state index contributed by atoms with van der Waals surface area (Å²) in [7, 11) is 0. The molecule has 0 aromatic heterocycles. The second-order valence-electron chi connectivity index (χ2n) is 5.67. The maximum absolute atomic E-state index is 12.5. The van der Waals surface area contributed by atoms with Gasteiger partial charge in [-0.25, -0.2) is 0 Å². The van der Waals surface area contributed by atoms with Gasteiger partial charge in [0.05, 0.1) is 5.75 Å². The molecule has 1 atom stereocenters. The zero-order valence-electron chi connectivity index (χ0n) is 14.2. The van der Waals surface area contributed by atoms with Crippen molar-refractivity contribution in [2.75, 3.05) is 23.2 Å². The molecule has 0 saturated heterocycles. The maximum atomic E-state index is 12.5. The van der Waals surface area contributed by atoms with E-state index in [4.69, 9.17) is 15.2 Å². The highest BCUT2D eigenvalue weighted by Gasteiger charge is 2.17. The smallest absolute Gasteiger partial charge is 0.246 e. The van der Waals surface area contributed by atoms with Crippen LogP contribution in [0.3, 0.4) is 0 Å². The van der Waals surface area contributed by atoms with Crippen molar-refractivity contribution in [3.63, 3.8) is 0 Å². The Morgan fingerprint density at radius 2 is 1.96 bits per heavy atom. The number of benzene rings is 2. The van der Waals surface area contributed by atoms with Crippen molar-refractivity contribution in [3.05, 3.63) is 42.5 Å². The van der Waals surface area contributed by atoms with Gasteiger partial charge in [0.2, 0.25) is 18.6 Å². The highest BCUT2D eigenvalue weighted by molar-refractivity contribution is 8.00. The molecule has 0 aliphatic carbocycles. The van der Waals surface area contributed by atoms with Crippen LogP contribution in [0.5, 0.6) is 11.5 Å². The number of primary amides is 1. The summed E-state index contributed by atoms with van der Waals surface area (Å²) in [6, 6.07) is 12.2. The van der Waals surface area contributed by atoms with Gasteiger partial charge >= 0.3 is 0 Å². The first-order valence-electron chi connectivity index (χ1n) is 8.00. The normalized spacial score (nSPS) is 13.1. The molecule has 0 radical (unpaired) electrons. The molecule has 1 aliphatic heterocycles. The van der Waals surface area contributed by atoms with Gasteiger partial charge in [-0.2, -0.15) is 0 Å². The number of carbonyl (C=O) groups is 2. The first-order chi connectivity index (χ1) is 12.5. The number of ether oxygens (including phenoxy) is 2. The quantitative estimate of drug-likeness (QED) is 0.644. The number of hydrogen-bond donors (Lipinski definition) is 3. The zero-order chi connectivity index (χ0) is 18.5. The predicted molar refractivity (Wildman–Crippen MR) is 101 cm³/mol. The number of rotatable bonds is 7. The van der Waals surface area contributed by atoms with Crippen LogP contribution < -0.4 is 25.8 Å². The first-order valence-corrected chi connectivity index (χ1v) is 8.98. The molecule has 2 aromatic carbocycles. The van der Waals surface area contributed by atoms with Crippen molar-refractivity contribution >= 4 is 35.0 Å². The number of thioether (sulfide) groups is 1. The molecular formula is C18H19N3O4S. The highest BCUT2D eigenvalue weighted by Crippen LogP contribution is 2.34. The third-order valence-corrected chi connectivity index (χ3v) is 4.76. The van der Waals surface area contributed by atoms with Crippen LogP contribution in [-0.4, -0.2) is 30.4 Å². The molecule has 0 spiro atoms. The topological polar surface area (TPSA) is 103 Å². The second kappa shape index (κ2) is 8.01. The van der Waals surface area contributed by atoms with Gasteiger partial charge < -0.3 is 25.8 Å². The molecule has 0 saturated carbocycles. The van der Waals surface area contributed by atoms with Gasteiger partial charge in [0, 0.05) is 22.3 Å². The molecule has 4 N–H and O–H groups in total. The molecule has 1 heterocycles. The molecule has 2 aromatic rings. The van der Waals surface area contributed by atoms with E-state index >= 15 is 0 Å². The molecule has 7 nitrogen and oxygen atoms in total. The third-order valence-electron chi connectivity index (χ3n) is 3.66. The van der Waals surface area contributed by atoms with Crippen molar-refractivity contribution < 1.29 is 19.1 Å². The van der Waals surface area contributed by atoms with E-state index in [1.165, 1.54) is 11.8 Å².